The Labute approximate surface area is 138 Å². The van der Waals surface area contributed by atoms with Crippen molar-refractivity contribution >= 4 is 44.2 Å². The van der Waals surface area contributed by atoms with Gasteiger partial charge in [0, 0.05) is 36.0 Å². The number of fused-ring (bicyclic) bond motifs is 3. The fraction of sp³-hybridized carbons (Fsp3) is 0.429. The van der Waals surface area contributed by atoms with Gasteiger partial charge in [0.05, 0.1) is 18.0 Å². The van der Waals surface area contributed by atoms with Crippen molar-refractivity contribution < 1.29 is 13.2 Å². The Morgan fingerprint density at radius 3 is 2.96 bits per heavy atom. The number of hydrogen-bond acceptors (Lipinski definition) is 6. The molecule has 0 saturated carbocycles. The third-order valence-electron chi connectivity index (χ3n) is 4.22. The Morgan fingerprint density at radius 2 is 2.17 bits per heavy atom. The van der Waals surface area contributed by atoms with Crippen molar-refractivity contribution in [2.45, 2.75) is 11.3 Å². The van der Waals surface area contributed by atoms with E-state index in [1.807, 2.05) is 18.2 Å². The molecule has 0 aliphatic carbocycles. The highest BCUT2D eigenvalue weighted by Crippen LogP contribution is 2.44. The topological polar surface area (TPSA) is 96.1 Å². The van der Waals surface area contributed by atoms with Crippen LogP contribution in [-0.2, 0) is 14.8 Å². The lowest BCUT2D eigenvalue weighted by Crippen LogP contribution is -2.27. The van der Waals surface area contributed by atoms with Crippen LogP contribution in [0.25, 0.3) is 0 Å². The zero-order valence-corrected chi connectivity index (χ0v) is 13.9. The van der Waals surface area contributed by atoms with Crippen LogP contribution in [0.4, 0.5) is 11.4 Å². The number of rotatable bonds is 3. The van der Waals surface area contributed by atoms with E-state index in [0.29, 0.717) is 6.54 Å². The van der Waals surface area contributed by atoms with Crippen LogP contribution in [0, 0.1) is 5.92 Å². The molecule has 0 spiro atoms. The summed E-state index contributed by atoms with van der Waals surface area (Å²) in [7, 11) is -3.56. The van der Waals surface area contributed by atoms with E-state index in [9.17, 15) is 13.2 Å². The maximum absolute atomic E-state index is 12.2. The van der Waals surface area contributed by atoms with Crippen molar-refractivity contribution in [3.05, 3.63) is 18.2 Å². The highest BCUT2D eigenvalue weighted by Gasteiger charge is 2.35. The predicted octanol–water partition coefficient (Wildman–Crippen LogP) is 0.610. The molecule has 0 radical (unpaired) electrons. The number of hydrogen-bond donors (Lipinski definition) is 1. The molecular formula is C14H16N4O3S2. The number of nitrogens with zero attached hydrogens (tertiary/aromatic N) is 3. The summed E-state index contributed by atoms with van der Waals surface area (Å²) in [5.74, 6) is -0.456. The summed E-state index contributed by atoms with van der Waals surface area (Å²) >= 11 is 1.64. The molecule has 2 N–H and O–H groups in total. The molecule has 1 unspecified atom stereocenters. The molecule has 3 heterocycles. The Kier molecular flexibility index (Phi) is 3.40. The first-order valence-electron chi connectivity index (χ1n) is 7.35. The highest BCUT2D eigenvalue weighted by molar-refractivity contribution is 8.14. The van der Waals surface area contributed by atoms with E-state index in [1.165, 1.54) is 0 Å². The van der Waals surface area contributed by atoms with Crippen molar-refractivity contribution in [1.82, 2.24) is 0 Å². The molecule has 7 nitrogen and oxygen atoms in total. The second-order valence-electron chi connectivity index (χ2n) is 5.97. The Hall–Kier alpha value is -1.58. The number of aliphatic imine (C=N–C) groups is 1. The Morgan fingerprint density at radius 1 is 1.35 bits per heavy atom. The number of amides is 1. The third kappa shape index (κ3) is 2.73. The van der Waals surface area contributed by atoms with Crippen molar-refractivity contribution in [1.29, 1.82) is 0 Å². The minimum atomic E-state index is -3.56. The number of carbonyl (C=O) groups excluding carboxylic acids is 1. The van der Waals surface area contributed by atoms with Crippen LogP contribution in [0.1, 0.15) is 6.42 Å². The van der Waals surface area contributed by atoms with E-state index in [0.717, 1.165) is 34.5 Å². The average Bonchev–Trinajstić information content (AvgIpc) is 3.11. The van der Waals surface area contributed by atoms with Crippen LogP contribution in [0.5, 0.6) is 0 Å². The summed E-state index contributed by atoms with van der Waals surface area (Å²) in [5, 5.41) is 6.11. The van der Waals surface area contributed by atoms with Gasteiger partial charge in [0.2, 0.25) is 15.9 Å². The maximum atomic E-state index is 12.2. The molecule has 0 aromatic heterocycles. The molecule has 3 aliphatic rings. The largest absolute Gasteiger partial charge is 0.318 e. The van der Waals surface area contributed by atoms with Gasteiger partial charge in [0.15, 0.2) is 5.17 Å². The van der Waals surface area contributed by atoms with Crippen molar-refractivity contribution in [3.8, 4) is 0 Å². The number of thioether (sulfide) groups is 1. The smallest absolute Gasteiger partial charge is 0.227 e. The van der Waals surface area contributed by atoms with Crippen molar-refractivity contribution in [2.75, 3.05) is 35.2 Å². The van der Waals surface area contributed by atoms with Gasteiger partial charge in [-0.1, -0.05) is 0 Å². The summed E-state index contributed by atoms with van der Waals surface area (Å²) in [4.78, 5) is 21.7. The molecule has 4 rings (SSSR count). The van der Waals surface area contributed by atoms with Gasteiger partial charge in [-0.05, 0) is 30.0 Å². The molecule has 3 aliphatic heterocycles. The van der Waals surface area contributed by atoms with Gasteiger partial charge in [-0.25, -0.2) is 13.6 Å². The number of benzene rings is 1. The molecule has 1 aromatic rings. The number of sulfonamides is 1. The average molecular weight is 352 g/mol. The first-order valence-corrected chi connectivity index (χ1v) is 9.89. The number of carbonyl (C=O) groups is 1. The zero-order valence-electron chi connectivity index (χ0n) is 12.3. The van der Waals surface area contributed by atoms with Gasteiger partial charge in [0.25, 0.3) is 0 Å². The molecule has 0 bridgehead atoms. The van der Waals surface area contributed by atoms with E-state index in [2.05, 4.69) is 9.89 Å². The van der Waals surface area contributed by atoms with Gasteiger partial charge in [-0.3, -0.25) is 9.79 Å². The molecule has 1 amide bonds. The molecule has 122 valence electrons. The number of anilines is 2. The Balaban J connectivity index is 1.59. The summed E-state index contributed by atoms with van der Waals surface area (Å²) in [6.45, 7) is 2.05. The molecule has 1 aromatic carbocycles. The summed E-state index contributed by atoms with van der Waals surface area (Å²) in [6.07, 6.45) is 0.221. The maximum Gasteiger partial charge on any atom is 0.227 e. The fourth-order valence-electron chi connectivity index (χ4n) is 3.28. The number of amidine groups is 1. The lowest BCUT2D eigenvalue weighted by atomic mass is 10.1. The highest BCUT2D eigenvalue weighted by atomic mass is 32.2. The van der Waals surface area contributed by atoms with Gasteiger partial charge < -0.3 is 9.80 Å². The van der Waals surface area contributed by atoms with Gasteiger partial charge in [0.1, 0.15) is 0 Å². The summed E-state index contributed by atoms with van der Waals surface area (Å²) < 4.78 is 22.5. The quantitative estimate of drug-likeness (QED) is 0.860. The van der Waals surface area contributed by atoms with Crippen LogP contribution in [0.2, 0.25) is 0 Å². The lowest BCUT2D eigenvalue weighted by Gasteiger charge is -2.19. The molecule has 1 fully saturated rings. The van der Waals surface area contributed by atoms with Crippen molar-refractivity contribution in [2.24, 2.45) is 16.0 Å². The molecule has 9 heteroatoms. The van der Waals surface area contributed by atoms with Gasteiger partial charge in [-0.2, -0.15) is 0 Å². The lowest BCUT2D eigenvalue weighted by molar-refractivity contribution is -0.117. The molecular weight excluding hydrogens is 336 g/mol. The van der Waals surface area contributed by atoms with E-state index in [-0.39, 0.29) is 24.0 Å². The SMILES string of the molecule is NS(=O)(=O)CC1CC(=O)N(c2ccc3c(c2)N2CCN=C2S3)C1. The standard InChI is InChI=1S/C14H16N4O3S2/c15-23(20,21)8-9-5-13(19)18(7-9)10-1-2-12-11(6-10)17-4-3-16-14(17)22-12/h1-2,6,9H,3-5,7-8H2,(H2,15,20,21). The predicted molar refractivity (Wildman–Crippen MR) is 90.4 cm³/mol. The summed E-state index contributed by atoms with van der Waals surface area (Å²) in [5.41, 5.74) is 1.88. The van der Waals surface area contributed by atoms with Gasteiger partial charge >= 0.3 is 0 Å². The monoisotopic (exact) mass is 352 g/mol. The van der Waals surface area contributed by atoms with Gasteiger partial charge in [-0.15, -0.1) is 0 Å². The summed E-state index contributed by atoms with van der Waals surface area (Å²) in [6, 6.07) is 5.90. The van der Waals surface area contributed by atoms with Crippen LogP contribution in [-0.4, -0.2) is 44.9 Å². The fourth-order valence-corrected chi connectivity index (χ4v) is 5.22. The van der Waals surface area contributed by atoms with Crippen molar-refractivity contribution in [3.63, 3.8) is 0 Å². The second-order valence-corrected chi connectivity index (χ2v) is 8.64. The minimum Gasteiger partial charge on any atom is -0.318 e. The van der Waals surface area contributed by atoms with Crippen LogP contribution in [0.3, 0.4) is 0 Å². The molecule has 23 heavy (non-hydrogen) atoms. The normalized spacial score (nSPS) is 23.3. The van der Waals surface area contributed by atoms with E-state index in [4.69, 9.17) is 5.14 Å². The number of primary sulfonamides is 1. The van der Waals surface area contributed by atoms with E-state index < -0.39 is 10.0 Å². The molecule has 1 saturated heterocycles. The van der Waals surface area contributed by atoms with Crippen LogP contribution < -0.4 is 14.9 Å². The first kappa shape index (κ1) is 15.0. The van der Waals surface area contributed by atoms with E-state index in [1.54, 1.807) is 16.7 Å². The number of nitrogens with two attached hydrogens (primary N) is 1. The second kappa shape index (κ2) is 5.22. The molecule has 1 atom stereocenters. The zero-order chi connectivity index (χ0) is 16.2. The third-order valence-corrected chi connectivity index (χ3v) is 6.25. The minimum absolute atomic E-state index is 0.0560. The Bertz CT molecular complexity index is 821. The first-order chi connectivity index (χ1) is 10.9. The van der Waals surface area contributed by atoms with E-state index >= 15 is 0 Å². The van der Waals surface area contributed by atoms with Crippen LogP contribution >= 0.6 is 11.8 Å². The van der Waals surface area contributed by atoms with Crippen LogP contribution in [0.15, 0.2) is 28.1 Å².